The lowest BCUT2D eigenvalue weighted by atomic mass is 10.1. The Labute approximate surface area is 114 Å². The minimum atomic E-state index is 0.358. The Bertz CT molecular complexity index is 548. The van der Waals surface area contributed by atoms with E-state index in [1.54, 1.807) is 11.1 Å². The molecule has 0 radical (unpaired) electrons. The van der Waals surface area contributed by atoms with Gasteiger partial charge in [-0.15, -0.1) is 0 Å². The Hall–Kier alpha value is -1.67. The van der Waals surface area contributed by atoms with Crippen LogP contribution in [0.25, 0.3) is 0 Å². The zero-order chi connectivity index (χ0) is 13.1. The first-order chi connectivity index (χ1) is 9.33. The van der Waals surface area contributed by atoms with Crippen LogP contribution >= 0.6 is 0 Å². The second-order valence-electron chi connectivity index (χ2n) is 5.34. The van der Waals surface area contributed by atoms with Crippen molar-refractivity contribution in [3.05, 3.63) is 65.0 Å². The third-order valence-electron chi connectivity index (χ3n) is 3.98. The van der Waals surface area contributed by atoms with Gasteiger partial charge in [0, 0.05) is 25.0 Å². The second-order valence-corrected chi connectivity index (χ2v) is 5.34. The molecule has 98 valence electrons. The molecule has 0 fully saturated rings. The lowest BCUT2D eigenvalue weighted by Crippen LogP contribution is -2.18. The van der Waals surface area contributed by atoms with E-state index in [1.165, 1.54) is 30.4 Å². The standard InChI is InChI=1S/C17H20N2/c1-13(15-7-9-18-10-8-15)19-12-14-5-6-16-3-2-4-17(16)11-14/h5-11,13,19H,2-4,12H2,1H3/t13-/m0/s1. The number of benzene rings is 1. The fourth-order valence-electron chi connectivity index (χ4n) is 2.78. The summed E-state index contributed by atoms with van der Waals surface area (Å²) in [6.07, 6.45) is 7.53. The van der Waals surface area contributed by atoms with E-state index >= 15 is 0 Å². The minimum absolute atomic E-state index is 0.358. The van der Waals surface area contributed by atoms with Gasteiger partial charge in [0.1, 0.15) is 0 Å². The Balaban J connectivity index is 1.63. The van der Waals surface area contributed by atoms with Gasteiger partial charge in [-0.25, -0.2) is 0 Å². The summed E-state index contributed by atoms with van der Waals surface area (Å²) in [5.41, 5.74) is 5.78. The van der Waals surface area contributed by atoms with Crippen molar-refractivity contribution in [3.8, 4) is 0 Å². The van der Waals surface area contributed by atoms with E-state index in [0.717, 1.165) is 6.54 Å². The van der Waals surface area contributed by atoms with Gasteiger partial charge in [0.25, 0.3) is 0 Å². The monoisotopic (exact) mass is 252 g/mol. The summed E-state index contributed by atoms with van der Waals surface area (Å²) in [7, 11) is 0. The first kappa shape index (κ1) is 12.4. The fourth-order valence-corrected chi connectivity index (χ4v) is 2.78. The number of nitrogens with zero attached hydrogens (tertiary/aromatic N) is 1. The summed E-state index contributed by atoms with van der Waals surface area (Å²) in [5, 5.41) is 3.58. The molecule has 0 bridgehead atoms. The van der Waals surface area contributed by atoms with Crippen LogP contribution in [0.5, 0.6) is 0 Å². The number of nitrogens with one attached hydrogen (secondary N) is 1. The summed E-state index contributed by atoms with van der Waals surface area (Å²) < 4.78 is 0. The molecule has 0 spiro atoms. The molecule has 2 aromatic rings. The molecule has 19 heavy (non-hydrogen) atoms. The normalized spacial score (nSPS) is 15.2. The average Bonchev–Trinajstić information content (AvgIpc) is 2.93. The van der Waals surface area contributed by atoms with Crippen LogP contribution in [0.4, 0.5) is 0 Å². The van der Waals surface area contributed by atoms with Gasteiger partial charge >= 0.3 is 0 Å². The highest BCUT2D eigenvalue weighted by Gasteiger charge is 2.11. The van der Waals surface area contributed by atoms with Crippen molar-refractivity contribution < 1.29 is 0 Å². The number of pyridine rings is 1. The van der Waals surface area contributed by atoms with E-state index in [0.29, 0.717) is 6.04 Å². The molecule has 1 aliphatic carbocycles. The van der Waals surface area contributed by atoms with Gasteiger partial charge in [-0.2, -0.15) is 0 Å². The van der Waals surface area contributed by atoms with Crippen LogP contribution in [0.3, 0.4) is 0 Å². The molecule has 3 rings (SSSR count). The van der Waals surface area contributed by atoms with Crippen molar-refractivity contribution in [1.82, 2.24) is 10.3 Å². The molecule has 1 atom stereocenters. The van der Waals surface area contributed by atoms with Crippen molar-refractivity contribution in [2.75, 3.05) is 0 Å². The van der Waals surface area contributed by atoms with Gasteiger partial charge in [-0.3, -0.25) is 4.98 Å². The van der Waals surface area contributed by atoms with Gasteiger partial charge < -0.3 is 5.32 Å². The van der Waals surface area contributed by atoms with Crippen LogP contribution < -0.4 is 5.32 Å². The highest BCUT2D eigenvalue weighted by Crippen LogP contribution is 2.23. The van der Waals surface area contributed by atoms with Gasteiger partial charge in [-0.05, 0) is 60.6 Å². The van der Waals surface area contributed by atoms with Crippen molar-refractivity contribution in [3.63, 3.8) is 0 Å². The molecular formula is C17H20N2. The molecule has 0 saturated heterocycles. The summed E-state index contributed by atoms with van der Waals surface area (Å²) >= 11 is 0. The SMILES string of the molecule is C[C@H](NCc1ccc2c(c1)CCC2)c1ccncc1. The van der Waals surface area contributed by atoms with Crippen molar-refractivity contribution in [2.45, 2.75) is 38.8 Å². The first-order valence-corrected chi connectivity index (χ1v) is 7.07. The maximum absolute atomic E-state index is 4.06. The summed E-state index contributed by atoms with van der Waals surface area (Å²) in [6.45, 7) is 3.12. The average molecular weight is 252 g/mol. The zero-order valence-electron chi connectivity index (χ0n) is 11.4. The molecule has 1 aromatic heterocycles. The number of aromatic nitrogens is 1. The number of aryl methyl sites for hydroxylation is 2. The number of fused-ring (bicyclic) bond motifs is 1. The molecule has 1 N–H and O–H groups in total. The Kier molecular flexibility index (Phi) is 3.60. The van der Waals surface area contributed by atoms with Gasteiger partial charge in [0.15, 0.2) is 0 Å². The van der Waals surface area contributed by atoms with Crippen LogP contribution in [0.2, 0.25) is 0 Å². The van der Waals surface area contributed by atoms with Crippen LogP contribution in [-0.4, -0.2) is 4.98 Å². The Morgan fingerprint density at radius 1 is 1.11 bits per heavy atom. The highest BCUT2D eigenvalue weighted by atomic mass is 14.9. The lowest BCUT2D eigenvalue weighted by molar-refractivity contribution is 0.574. The van der Waals surface area contributed by atoms with Crippen molar-refractivity contribution in [1.29, 1.82) is 0 Å². The maximum atomic E-state index is 4.06. The van der Waals surface area contributed by atoms with E-state index in [2.05, 4.69) is 47.6 Å². The molecule has 1 aromatic carbocycles. The van der Waals surface area contributed by atoms with Crippen molar-refractivity contribution >= 4 is 0 Å². The fraction of sp³-hybridized carbons (Fsp3) is 0.353. The smallest absolute Gasteiger partial charge is 0.0296 e. The summed E-state index contributed by atoms with van der Waals surface area (Å²) in [5.74, 6) is 0. The van der Waals surface area contributed by atoms with Crippen LogP contribution in [0, 0.1) is 0 Å². The molecule has 2 nitrogen and oxygen atoms in total. The van der Waals surface area contributed by atoms with E-state index in [4.69, 9.17) is 0 Å². The number of rotatable bonds is 4. The van der Waals surface area contributed by atoms with Gasteiger partial charge in [0.05, 0.1) is 0 Å². The van der Waals surface area contributed by atoms with Crippen LogP contribution in [0.15, 0.2) is 42.7 Å². The molecule has 1 heterocycles. The predicted molar refractivity (Wildman–Crippen MR) is 78.0 cm³/mol. The molecule has 0 amide bonds. The first-order valence-electron chi connectivity index (χ1n) is 7.07. The quantitative estimate of drug-likeness (QED) is 0.902. The number of hydrogen-bond donors (Lipinski definition) is 1. The highest BCUT2D eigenvalue weighted by molar-refractivity contribution is 5.35. The predicted octanol–water partition coefficient (Wildman–Crippen LogP) is 3.42. The largest absolute Gasteiger partial charge is 0.306 e. The maximum Gasteiger partial charge on any atom is 0.0296 e. The van der Waals surface area contributed by atoms with Gasteiger partial charge in [0.2, 0.25) is 0 Å². The van der Waals surface area contributed by atoms with Crippen LogP contribution in [0.1, 0.15) is 41.6 Å². The molecular weight excluding hydrogens is 232 g/mol. The van der Waals surface area contributed by atoms with Crippen molar-refractivity contribution in [2.24, 2.45) is 0 Å². The van der Waals surface area contributed by atoms with Crippen LogP contribution in [-0.2, 0) is 19.4 Å². The second kappa shape index (κ2) is 5.54. The Morgan fingerprint density at radius 2 is 1.89 bits per heavy atom. The van der Waals surface area contributed by atoms with E-state index < -0.39 is 0 Å². The molecule has 0 unspecified atom stereocenters. The van der Waals surface area contributed by atoms with E-state index in [1.807, 2.05) is 12.4 Å². The van der Waals surface area contributed by atoms with E-state index in [9.17, 15) is 0 Å². The Morgan fingerprint density at radius 3 is 2.74 bits per heavy atom. The molecule has 2 heteroatoms. The van der Waals surface area contributed by atoms with E-state index in [-0.39, 0.29) is 0 Å². The third-order valence-corrected chi connectivity index (χ3v) is 3.98. The summed E-state index contributed by atoms with van der Waals surface area (Å²) in [6, 6.07) is 11.4. The zero-order valence-corrected chi connectivity index (χ0v) is 11.4. The molecule has 0 saturated carbocycles. The lowest BCUT2D eigenvalue weighted by Gasteiger charge is -2.14. The van der Waals surface area contributed by atoms with Gasteiger partial charge in [-0.1, -0.05) is 18.2 Å². The minimum Gasteiger partial charge on any atom is -0.306 e. The topological polar surface area (TPSA) is 24.9 Å². The summed E-state index contributed by atoms with van der Waals surface area (Å²) in [4.78, 5) is 4.06. The third kappa shape index (κ3) is 2.85. The molecule has 0 aliphatic heterocycles. The molecule has 1 aliphatic rings. The number of hydrogen-bond acceptors (Lipinski definition) is 2.